The summed E-state index contributed by atoms with van der Waals surface area (Å²) < 4.78 is 18.6. The first-order valence-electron chi connectivity index (χ1n) is 8.40. The van der Waals surface area contributed by atoms with Crippen molar-refractivity contribution >= 4 is 5.91 Å². The van der Waals surface area contributed by atoms with Gasteiger partial charge in [0.2, 0.25) is 5.91 Å². The van der Waals surface area contributed by atoms with E-state index in [2.05, 4.69) is 12.1 Å². The van der Waals surface area contributed by atoms with Gasteiger partial charge in [-0.15, -0.1) is 0 Å². The first kappa shape index (κ1) is 19.1. The molecule has 0 fully saturated rings. The van der Waals surface area contributed by atoms with Crippen molar-refractivity contribution in [3.8, 4) is 0 Å². The van der Waals surface area contributed by atoms with Crippen LogP contribution in [0.2, 0.25) is 0 Å². The van der Waals surface area contributed by atoms with Gasteiger partial charge in [0.15, 0.2) is 0 Å². The van der Waals surface area contributed by atoms with Crippen molar-refractivity contribution in [2.75, 3.05) is 7.11 Å². The van der Waals surface area contributed by atoms with Gasteiger partial charge < -0.3 is 4.74 Å². The van der Waals surface area contributed by atoms with Crippen LogP contribution < -0.4 is 5.48 Å². The SMILES string of the molecule is CO[C@@H](C[C@H](CCCc1ccccc1)C(=O)NO)c1ccc(F)cc1. The van der Waals surface area contributed by atoms with Crippen LogP contribution >= 0.6 is 0 Å². The molecule has 0 saturated carbocycles. The zero-order valence-corrected chi connectivity index (χ0v) is 14.3. The Kier molecular flexibility index (Phi) is 7.57. The highest BCUT2D eigenvalue weighted by Gasteiger charge is 2.23. The van der Waals surface area contributed by atoms with E-state index in [-0.39, 0.29) is 17.8 Å². The molecule has 2 rings (SSSR count). The smallest absolute Gasteiger partial charge is 0.246 e. The maximum atomic E-state index is 13.1. The van der Waals surface area contributed by atoms with E-state index in [0.717, 1.165) is 18.4 Å². The Morgan fingerprint density at radius 2 is 1.84 bits per heavy atom. The normalized spacial score (nSPS) is 13.2. The maximum absolute atomic E-state index is 13.1. The number of halogens is 1. The molecule has 0 radical (unpaired) electrons. The summed E-state index contributed by atoms with van der Waals surface area (Å²) in [5, 5.41) is 9.02. The molecule has 2 atom stereocenters. The van der Waals surface area contributed by atoms with Gasteiger partial charge in [0.05, 0.1) is 6.10 Å². The fraction of sp³-hybridized carbons (Fsp3) is 0.350. The number of carbonyl (C=O) groups excluding carboxylic acids is 1. The van der Waals surface area contributed by atoms with E-state index in [1.165, 1.54) is 17.7 Å². The Hall–Kier alpha value is -2.24. The summed E-state index contributed by atoms with van der Waals surface area (Å²) in [7, 11) is 1.56. The van der Waals surface area contributed by atoms with Crippen molar-refractivity contribution in [1.82, 2.24) is 5.48 Å². The largest absolute Gasteiger partial charge is 0.377 e. The molecule has 0 aliphatic rings. The van der Waals surface area contributed by atoms with E-state index in [9.17, 15) is 9.18 Å². The van der Waals surface area contributed by atoms with Crippen molar-refractivity contribution in [3.05, 3.63) is 71.5 Å². The molecular formula is C20H24FNO3. The zero-order chi connectivity index (χ0) is 18.1. The number of hydrogen-bond donors (Lipinski definition) is 2. The standard InChI is InChI=1S/C20H24FNO3/c1-25-19(16-10-12-18(21)13-11-16)14-17(20(23)22-24)9-5-8-15-6-3-2-4-7-15/h2-4,6-7,10-13,17,19,24H,5,8-9,14H2,1H3,(H,22,23)/t17-,19-/m0/s1. The second-order valence-electron chi connectivity index (χ2n) is 6.06. The summed E-state index contributed by atoms with van der Waals surface area (Å²) in [4.78, 5) is 12.0. The van der Waals surface area contributed by atoms with Crippen molar-refractivity contribution in [3.63, 3.8) is 0 Å². The lowest BCUT2D eigenvalue weighted by atomic mass is 9.91. The summed E-state index contributed by atoms with van der Waals surface area (Å²) in [6.07, 6.45) is 2.40. The zero-order valence-electron chi connectivity index (χ0n) is 14.3. The van der Waals surface area contributed by atoms with Gasteiger partial charge in [-0.25, -0.2) is 9.87 Å². The minimum Gasteiger partial charge on any atom is -0.377 e. The number of carbonyl (C=O) groups is 1. The fourth-order valence-corrected chi connectivity index (χ4v) is 2.95. The number of hydrogen-bond acceptors (Lipinski definition) is 3. The number of aryl methyl sites for hydroxylation is 1. The van der Waals surface area contributed by atoms with Crippen LogP contribution in [0.1, 0.15) is 36.5 Å². The lowest BCUT2D eigenvalue weighted by Crippen LogP contribution is -2.29. The van der Waals surface area contributed by atoms with E-state index in [1.807, 2.05) is 18.2 Å². The quantitative estimate of drug-likeness (QED) is 0.532. The first-order valence-corrected chi connectivity index (χ1v) is 8.40. The summed E-state index contributed by atoms with van der Waals surface area (Å²) in [5.41, 5.74) is 3.77. The molecule has 25 heavy (non-hydrogen) atoms. The number of amides is 1. The number of hydroxylamine groups is 1. The number of ether oxygens (including phenoxy) is 1. The molecule has 0 saturated heterocycles. The lowest BCUT2D eigenvalue weighted by molar-refractivity contribution is -0.135. The Bertz CT molecular complexity index is 646. The molecule has 2 aromatic rings. The molecular weight excluding hydrogens is 321 g/mol. The van der Waals surface area contributed by atoms with Gasteiger partial charge in [0.25, 0.3) is 0 Å². The van der Waals surface area contributed by atoms with Gasteiger partial charge in [0.1, 0.15) is 5.82 Å². The highest BCUT2D eigenvalue weighted by molar-refractivity contribution is 5.77. The predicted molar refractivity (Wildman–Crippen MR) is 93.6 cm³/mol. The molecule has 0 spiro atoms. The monoisotopic (exact) mass is 345 g/mol. The molecule has 2 aromatic carbocycles. The molecule has 5 heteroatoms. The molecule has 0 bridgehead atoms. The lowest BCUT2D eigenvalue weighted by Gasteiger charge is -2.22. The van der Waals surface area contributed by atoms with E-state index in [0.29, 0.717) is 12.8 Å². The molecule has 1 amide bonds. The molecule has 0 unspecified atom stereocenters. The molecule has 0 aromatic heterocycles. The highest BCUT2D eigenvalue weighted by atomic mass is 19.1. The van der Waals surface area contributed by atoms with Crippen molar-refractivity contribution in [2.24, 2.45) is 5.92 Å². The summed E-state index contributed by atoms with van der Waals surface area (Å²) >= 11 is 0. The Morgan fingerprint density at radius 3 is 2.44 bits per heavy atom. The topological polar surface area (TPSA) is 58.6 Å². The van der Waals surface area contributed by atoms with Crippen LogP contribution in [0.3, 0.4) is 0 Å². The van der Waals surface area contributed by atoms with Crippen LogP contribution in [-0.2, 0) is 16.0 Å². The van der Waals surface area contributed by atoms with Gasteiger partial charge >= 0.3 is 0 Å². The Balaban J connectivity index is 1.98. The molecule has 0 aliphatic carbocycles. The average molecular weight is 345 g/mol. The van der Waals surface area contributed by atoms with Crippen LogP contribution in [0, 0.1) is 11.7 Å². The van der Waals surface area contributed by atoms with E-state index < -0.39 is 5.91 Å². The van der Waals surface area contributed by atoms with Gasteiger partial charge in [0, 0.05) is 13.0 Å². The highest BCUT2D eigenvalue weighted by Crippen LogP contribution is 2.28. The third-order valence-electron chi connectivity index (χ3n) is 4.37. The third-order valence-corrected chi connectivity index (χ3v) is 4.37. The maximum Gasteiger partial charge on any atom is 0.246 e. The molecule has 134 valence electrons. The second kappa shape index (κ2) is 9.91. The molecule has 0 aliphatic heterocycles. The predicted octanol–water partition coefficient (Wildman–Crippen LogP) is 4.05. The number of methoxy groups -OCH3 is 1. The van der Waals surface area contributed by atoms with Gasteiger partial charge in [-0.1, -0.05) is 42.5 Å². The van der Waals surface area contributed by atoms with Crippen molar-refractivity contribution in [2.45, 2.75) is 31.8 Å². The van der Waals surface area contributed by atoms with Crippen LogP contribution in [0.4, 0.5) is 4.39 Å². The second-order valence-corrected chi connectivity index (χ2v) is 6.06. The number of nitrogens with one attached hydrogen (secondary N) is 1. The minimum atomic E-state index is -0.419. The Morgan fingerprint density at radius 1 is 1.16 bits per heavy atom. The van der Waals surface area contributed by atoms with Crippen molar-refractivity contribution in [1.29, 1.82) is 0 Å². The Labute approximate surface area is 147 Å². The van der Waals surface area contributed by atoms with E-state index in [4.69, 9.17) is 9.94 Å². The average Bonchev–Trinajstić information content (AvgIpc) is 2.65. The minimum absolute atomic E-state index is 0.314. The van der Waals surface area contributed by atoms with Crippen LogP contribution in [-0.4, -0.2) is 18.2 Å². The molecule has 0 heterocycles. The van der Waals surface area contributed by atoms with Gasteiger partial charge in [-0.05, 0) is 48.9 Å². The van der Waals surface area contributed by atoms with Crippen LogP contribution in [0.15, 0.2) is 54.6 Å². The van der Waals surface area contributed by atoms with E-state index in [1.54, 1.807) is 24.7 Å². The fourth-order valence-electron chi connectivity index (χ4n) is 2.95. The number of rotatable bonds is 9. The van der Waals surface area contributed by atoms with Crippen LogP contribution in [0.25, 0.3) is 0 Å². The van der Waals surface area contributed by atoms with Crippen LogP contribution in [0.5, 0.6) is 0 Å². The van der Waals surface area contributed by atoms with Gasteiger partial charge in [-0.2, -0.15) is 0 Å². The van der Waals surface area contributed by atoms with Gasteiger partial charge in [-0.3, -0.25) is 10.0 Å². The summed E-state index contributed by atoms with van der Waals surface area (Å²) in [6.45, 7) is 0. The number of benzene rings is 2. The van der Waals surface area contributed by atoms with Crippen molar-refractivity contribution < 1.29 is 19.1 Å². The molecule has 4 nitrogen and oxygen atoms in total. The third kappa shape index (κ3) is 5.96. The molecule has 2 N–H and O–H groups in total. The van der Waals surface area contributed by atoms with E-state index >= 15 is 0 Å². The summed E-state index contributed by atoms with van der Waals surface area (Å²) in [5.74, 6) is -1.12. The summed E-state index contributed by atoms with van der Waals surface area (Å²) in [6, 6.07) is 16.1. The first-order chi connectivity index (χ1) is 12.1.